The molecule has 0 radical (unpaired) electrons. The predicted molar refractivity (Wildman–Crippen MR) is 99.2 cm³/mol. The fourth-order valence-electron chi connectivity index (χ4n) is 2.55. The first-order valence-corrected chi connectivity index (χ1v) is 9.22. The Morgan fingerprint density at radius 2 is 1.83 bits per heavy atom. The number of methoxy groups -OCH3 is 1. The van der Waals surface area contributed by atoms with Gasteiger partial charge in [0.05, 0.1) is 26.2 Å². The van der Waals surface area contributed by atoms with Crippen molar-refractivity contribution in [2.45, 2.75) is 63.5 Å². The summed E-state index contributed by atoms with van der Waals surface area (Å²) < 4.78 is 14.6. The van der Waals surface area contributed by atoms with E-state index in [1.807, 2.05) is 0 Å². The Kier molecular flexibility index (Phi) is 10.4. The molecule has 1 aliphatic heterocycles. The fraction of sp³-hybridized carbons (Fsp3) is 0.684. The van der Waals surface area contributed by atoms with Gasteiger partial charge in [-0.15, -0.1) is 0 Å². The van der Waals surface area contributed by atoms with Gasteiger partial charge < -0.3 is 39.7 Å². The number of carbonyl (C=O) groups excluding carboxylic acids is 2. The van der Waals surface area contributed by atoms with Crippen molar-refractivity contribution in [3.8, 4) is 0 Å². The summed E-state index contributed by atoms with van der Waals surface area (Å²) in [5.41, 5.74) is 0.168. The molecule has 0 saturated carbocycles. The highest BCUT2D eigenvalue weighted by atomic mass is 16.7. The number of ether oxygens (including phenoxy) is 3. The van der Waals surface area contributed by atoms with Gasteiger partial charge in [0, 0.05) is 5.57 Å². The van der Waals surface area contributed by atoms with Crippen molar-refractivity contribution in [1.82, 2.24) is 0 Å². The molecule has 0 bridgehead atoms. The Balaban J connectivity index is 2.57. The van der Waals surface area contributed by atoms with Crippen LogP contribution < -0.4 is 0 Å². The fourth-order valence-corrected chi connectivity index (χ4v) is 2.55. The average molecular weight is 418 g/mol. The molecule has 0 aromatic rings. The molecule has 10 nitrogen and oxygen atoms in total. The molecule has 1 saturated heterocycles. The van der Waals surface area contributed by atoms with Gasteiger partial charge in [-0.25, -0.2) is 4.79 Å². The summed E-state index contributed by atoms with van der Waals surface area (Å²) in [5.74, 6) is -1.53. The van der Waals surface area contributed by atoms with E-state index in [2.05, 4.69) is 4.74 Å². The number of carbonyl (C=O) groups is 2. The van der Waals surface area contributed by atoms with Crippen LogP contribution >= 0.6 is 0 Å². The number of hydrogen-bond donors (Lipinski definition) is 5. The van der Waals surface area contributed by atoms with Crippen LogP contribution in [0.1, 0.15) is 26.7 Å². The predicted octanol–water partition coefficient (Wildman–Crippen LogP) is -1.22. The Hall–Kier alpha value is -1.82. The second kappa shape index (κ2) is 12.0. The zero-order valence-corrected chi connectivity index (χ0v) is 16.7. The molecule has 1 heterocycles. The first-order valence-electron chi connectivity index (χ1n) is 9.22. The van der Waals surface area contributed by atoms with Gasteiger partial charge in [-0.05, 0) is 19.3 Å². The van der Waals surface area contributed by atoms with Crippen molar-refractivity contribution in [2.75, 3.05) is 13.7 Å². The zero-order chi connectivity index (χ0) is 22.1. The largest absolute Gasteiger partial charge is 0.469 e. The third-order valence-electron chi connectivity index (χ3n) is 4.64. The van der Waals surface area contributed by atoms with Crippen molar-refractivity contribution < 1.29 is 49.3 Å². The van der Waals surface area contributed by atoms with Crippen LogP contribution in [0.2, 0.25) is 0 Å². The van der Waals surface area contributed by atoms with Crippen molar-refractivity contribution in [3.05, 3.63) is 23.8 Å². The van der Waals surface area contributed by atoms with Crippen LogP contribution in [0.25, 0.3) is 0 Å². The Labute approximate surface area is 169 Å². The van der Waals surface area contributed by atoms with E-state index in [1.165, 1.54) is 20.1 Å². The maximum Gasteiger partial charge on any atom is 0.336 e. The second-order valence-electron chi connectivity index (χ2n) is 6.94. The lowest BCUT2D eigenvalue weighted by Crippen LogP contribution is -2.59. The van der Waals surface area contributed by atoms with Crippen molar-refractivity contribution >= 4 is 11.9 Å². The van der Waals surface area contributed by atoms with E-state index in [4.69, 9.17) is 14.6 Å². The van der Waals surface area contributed by atoms with Gasteiger partial charge in [-0.3, -0.25) is 4.79 Å². The van der Waals surface area contributed by atoms with Crippen LogP contribution in [0, 0.1) is 5.92 Å². The number of allylic oxidation sites excluding steroid dienone is 3. The highest BCUT2D eigenvalue weighted by molar-refractivity contribution is 5.88. The summed E-state index contributed by atoms with van der Waals surface area (Å²) in [6.07, 6.45) is -3.35. The van der Waals surface area contributed by atoms with Gasteiger partial charge in [-0.1, -0.05) is 25.2 Å². The quantitative estimate of drug-likeness (QED) is 0.174. The lowest BCUT2D eigenvalue weighted by atomic mass is 9.98. The molecular weight excluding hydrogens is 388 g/mol. The number of aliphatic hydroxyl groups excluding tert-OH is 5. The summed E-state index contributed by atoms with van der Waals surface area (Å²) in [6.45, 7) is 2.60. The molecule has 7 atom stereocenters. The minimum absolute atomic E-state index is 0.105. The monoisotopic (exact) mass is 418 g/mol. The maximum absolute atomic E-state index is 12.1. The average Bonchev–Trinajstić information content (AvgIpc) is 2.70. The third kappa shape index (κ3) is 7.50. The van der Waals surface area contributed by atoms with Gasteiger partial charge in [0.25, 0.3) is 0 Å². The summed E-state index contributed by atoms with van der Waals surface area (Å²) in [5, 5.41) is 48.3. The van der Waals surface area contributed by atoms with E-state index in [1.54, 1.807) is 19.1 Å². The molecule has 0 spiro atoms. The summed E-state index contributed by atoms with van der Waals surface area (Å²) in [4.78, 5) is 23.3. The second-order valence-corrected chi connectivity index (χ2v) is 6.94. The van der Waals surface area contributed by atoms with E-state index in [9.17, 15) is 30.0 Å². The van der Waals surface area contributed by atoms with Gasteiger partial charge in [0.2, 0.25) is 6.29 Å². The van der Waals surface area contributed by atoms with E-state index in [-0.39, 0.29) is 17.9 Å². The van der Waals surface area contributed by atoms with E-state index >= 15 is 0 Å². The molecule has 0 amide bonds. The molecule has 10 heteroatoms. The van der Waals surface area contributed by atoms with Crippen molar-refractivity contribution in [2.24, 2.45) is 5.92 Å². The maximum atomic E-state index is 12.1. The molecular formula is C19H30O10. The molecule has 1 fully saturated rings. The van der Waals surface area contributed by atoms with Crippen LogP contribution in [0.5, 0.6) is 0 Å². The van der Waals surface area contributed by atoms with E-state index in [0.717, 1.165) is 0 Å². The smallest absolute Gasteiger partial charge is 0.336 e. The minimum Gasteiger partial charge on any atom is -0.469 e. The summed E-state index contributed by atoms with van der Waals surface area (Å²) in [6, 6.07) is 0. The zero-order valence-electron chi connectivity index (χ0n) is 16.7. The molecule has 0 aromatic carbocycles. The SMILES string of the molecule is COC(=O)C[C@H](O)[C@H](C)CC=CC=C(C)C(=O)O[C@@H]1O[C@H](CO)[C@@H](O)[C@H](O)[C@H]1O. The molecule has 5 N–H and O–H groups in total. The van der Waals surface area contributed by atoms with Gasteiger partial charge in [0.1, 0.15) is 24.4 Å². The van der Waals surface area contributed by atoms with Crippen molar-refractivity contribution in [3.63, 3.8) is 0 Å². The Morgan fingerprint density at radius 3 is 2.41 bits per heavy atom. The highest BCUT2D eigenvalue weighted by Crippen LogP contribution is 2.22. The van der Waals surface area contributed by atoms with E-state index in [0.29, 0.717) is 6.42 Å². The molecule has 0 unspecified atom stereocenters. The lowest BCUT2D eigenvalue weighted by molar-refractivity contribution is -0.291. The van der Waals surface area contributed by atoms with Crippen LogP contribution in [-0.4, -0.2) is 88.0 Å². The summed E-state index contributed by atoms with van der Waals surface area (Å²) in [7, 11) is 1.25. The van der Waals surface area contributed by atoms with Crippen molar-refractivity contribution in [1.29, 1.82) is 0 Å². The van der Waals surface area contributed by atoms with Gasteiger partial charge >= 0.3 is 11.9 Å². The van der Waals surface area contributed by atoms with Crippen LogP contribution in [-0.2, 0) is 23.8 Å². The molecule has 29 heavy (non-hydrogen) atoms. The molecule has 0 aromatic heterocycles. The number of hydrogen-bond acceptors (Lipinski definition) is 10. The molecule has 0 aliphatic carbocycles. The van der Waals surface area contributed by atoms with E-state index < -0.39 is 55.4 Å². The highest BCUT2D eigenvalue weighted by Gasteiger charge is 2.45. The first kappa shape index (κ1) is 25.2. The third-order valence-corrected chi connectivity index (χ3v) is 4.64. The van der Waals surface area contributed by atoms with Gasteiger partial charge in [0.15, 0.2) is 0 Å². The molecule has 1 rings (SSSR count). The number of rotatable bonds is 9. The number of aliphatic hydroxyl groups is 5. The van der Waals surface area contributed by atoms with Crippen LogP contribution in [0.4, 0.5) is 0 Å². The van der Waals surface area contributed by atoms with Crippen LogP contribution in [0.3, 0.4) is 0 Å². The number of esters is 2. The Morgan fingerprint density at radius 1 is 1.17 bits per heavy atom. The lowest BCUT2D eigenvalue weighted by Gasteiger charge is -2.39. The molecule has 1 aliphatic rings. The topological polar surface area (TPSA) is 163 Å². The Bertz CT molecular complexity index is 600. The van der Waals surface area contributed by atoms with Gasteiger partial charge in [-0.2, -0.15) is 0 Å². The molecule has 166 valence electrons. The van der Waals surface area contributed by atoms with Crippen LogP contribution in [0.15, 0.2) is 23.8 Å². The normalized spacial score (nSPS) is 30.1. The first-order chi connectivity index (χ1) is 13.6. The standard InChI is InChI=1S/C19H30O10/c1-10(12(21)8-14(22)27-3)6-4-5-7-11(2)18(26)29-19-17(25)16(24)15(23)13(9-20)28-19/h4-5,7,10,12-13,15-17,19-21,23-25H,6,8-9H2,1-3H3/t10-,12+,13-,15-,16+,17-,19+/m1/s1. The minimum atomic E-state index is -1.67. The summed E-state index contributed by atoms with van der Waals surface area (Å²) >= 11 is 0.